The smallest absolute Gasteiger partial charge is 0.278 e. The van der Waals surface area contributed by atoms with Gasteiger partial charge in [-0.3, -0.25) is 9.36 Å². The van der Waals surface area contributed by atoms with E-state index in [9.17, 15) is 4.79 Å². The summed E-state index contributed by atoms with van der Waals surface area (Å²) in [4.78, 5) is 26.0. The fraction of sp³-hybridized carbons (Fsp3) is 0.438. The molecule has 2 aromatic carbocycles. The Morgan fingerprint density at radius 3 is 2.36 bits per heavy atom. The third-order valence-corrected chi connectivity index (χ3v) is 14.1. The van der Waals surface area contributed by atoms with Gasteiger partial charge in [-0.05, 0) is 49.4 Å². The van der Waals surface area contributed by atoms with Crippen LogP contribution in [-0.4, -0.2) is 67.4 Å². The second kappa shape index (κ2) is 13.1. The van der Waals surface area contributed by atoms with Crippen molar-refractivity contribution in [3.05, 3.63) is 65.4 Å². The van der Waals surface area contributed by atoms with E-state index in [-0.39, 0.29) is 5.91 Å². The average molecular weight is 665 g/mol. The zero-order chi connectivity index (χ0) is 32.5. The van der Waals surface area contributed by atoms with E-state index in [1.54, 1.807) is 37.2 Å². The summed E-state index contributed by atoms with van der Waals surface area (Å²) in [5.41, 5.74) is 3.67. The SMILES string of the molecule is COc1ccc(CN2Cc3c(-c4nc(C5CC5)no4)ncn3-c3ccc(SC)cc3C2=O)c(OC)c1.C[Si](C)(C)N[Si](C)(C)C. The van der Waals surface area contributed by atoms with Crippen LogP contribution in [-0.2, 0) is 13.1 Å². The monoisotopic (exact) mass is 664 g/mol. The van der Waals surface area contributed by atoms with Crippen molar-refractivity contribution in [2.45, 2.75) is 76.0 Å². The lowest BCUT2D eigenvalue weighted by molar-refractivity contribution is 0.0732. The summed E-state index contributed by atoms with van der Waals surface area (Å²) in [5, 5.41) is 4.17. The first-order chi connectivity index (χ1) is 21.3. The molecule has 1 saturated carbocycles. The van der Waals surface area contributed by atoms with Gasteiger partial charge in [0.1, 0.15) is 34.3 Å². The molecule has 0 unspecified atom stereocenters. The molecule has 2 aromatic heterocycles. The number of benzene rings is 2. The summed E-state index contributed by atoms with van der Waals surface area (Å²) < 4.78 is 22.2. The highest BCUT2D eigenvalue weighted by molar-refractivity contribution is 7.98. The number of ether oxygens (including phenoxy) is 2. The molecule has 1 fully saturated rings. The second-order valence-electron chi connectivity index (χ2n) is 13.5. The zero-order valence-electron chi connectivity index (χ0n) is 27.7. The summed E-state index contributed by atoms with van der Waals surface area (Å²) in [6.07, 6.45) is 5.89. The predicted molar refractivity (Wildman–Crippen MR) is 184 cm³/mol. The van der Waals surface area contributed by atoms with Crippen molar-refractivity contribution in [2.75, 3.05) is 20.5 Å². The molecule has 0 atom stereocenters. The normalized spacial score (nSPS) is 14.7. The number of imidazole rings is 1. The molecule has 1 aliphatic heterocycles. The van der Waals surface area contributed by atoms with Crippen LogP contribution in [0.4, 0.5) is 0 Å². The Balaban J connectivity index is 0.000000390. The lowest BCUT2D eigenvalue weighted by Gasteiger charge is -2.28. The van der Waals surface area contributed by atoms with E-state index in [0.717, 1.165) is 40.5 Å². The number of fused-ring (bicyclic) bond motifs is 3. The first kappa shape index (κ1) is 33.0. The van der Waals surface area contributed by atoms with Crippen LogP contribution in [0, 0.1) is 0 Å². The number of thioether (sulfide) groups is 1. The van der Waals surface area contributed by atoms with E-state index in [1.165, 1.54) is 0 Å². The highest BCUT2D eigenvalue weighted by Crippen LogP contribution is 2.40. The number of amides is 1. The van der Waals surface area contributed by atoms with Crippen LogP contribution < -0.4 is 14.1 Å². The van der Waals surface area contributed by atoms with E-state index in [1.807, 2.05) is 47.2 Å². The molecule has 4 aromatic rings. The maximum atomic E-state index is 13.9. The molecule has 1 N–H and O–H groups in total. The van der Waals surface area contributed by atoms with Gasteiger partial charge < -0.3 is 23.5 Å². The first-order valence-electron chi connectivity index (χ1n) is 15.2. The van der Waals surface area contributed by atoms with Gasteiger partial charge in [0.2, 0.25) is 0 Å². The number of hydrogen-bond donors (Lipinski definition) is 1. The van der Waals surface area contributed by atoms with Crippen LogP contribution >= 0.6 is 11.8 Å². The molecular formula is C32H44N6O4SSi2. The van der Waals surface area contributed by atoms with Gasteiger partial charge in [-0.1, -0.05) is 44.4 Å². The van der Waals surface area contributed by atoms with Gasteiger partial charge >= 0.3 is 0 Å². The Hall–Kier alpha value is -3.40. The van der Waals surface area contributed by atoms with E-state index >= 15 is 0 Å². The van der Waals surface area contributed by atoms with Crippen molar-refractivity contribution in [1.82, 2.24) is 29.2 Å². The van der Waals surface area contributed by atoms with Gasteiger partial charge in [0.25, 0.3) is 11.8 Å². The maximum absolute atomic E-state index is 13.9. The Morgan fingerprint density at radius 2 is 1.76 bits per heavy atom. The number of carbonyl (C=O) groups excluding carboxylic acids is 1. The highest BCUT2D eigenvalue weighted by Gasteiger charge is 2.33. The second-order valence-corrected chi connectivity index (χ2v) is 24.4. The molecule has 0 radical (unpaired) electrons. The minimum atomic E-state index is -0.981. The Morgan fingerprint density at radius 1 is 1.02 bits per heavy atom. The van der Waals surface area contributed by atoms with Gasteiger partial charge in [0.15, 0.2) is 11.5 Å². The average Bonchev–Trinajstić information content (AvgIpc) is 3.60. The number of methoxy groups -OCH3 is 2. The van der Waals surface area contributed by atoms with E-state index in [0.29, 0.717) is 47.7 Å². The topological polar surface area (TPSA) is 108 Å². The first-order valence-corrected chi connectivity index (χ1v) is 23.4. The lowest BCUT2D eigenvalue weighted by atomic mass is 10.1. The maximum Gasteiger partial charge on any atom is 0.278 e. The highest BCUT2D eigenvalue weighted by atomic mass is 32.2. The summed E-state index contributed by atoms with van der Waals surface area (Å²) in [6.45, 7) is 14.8. The van der Waals surface area contributed by atoms with Crippen molar-refractivity contribution in [3.63, 3.8) is 0 Å². The lowest BCUT2D eigenvalue weighted by Crippen LogP contribution is -2.55. The van der Waals surface area contributed by atoms with E-state index in [4.69, 9.17) is 14.0 Å². The number of nitrogens with one attached hydrogen (secondary N) is 1. The third kappa shape index (κ3) is 7.88. The molecule has 240 valence electrons. The predicted octanol–water partition coefficient (Wildman–Crippen LogP) is 6.94. The molecule has 0 spiro atoms. The minimum absolute atomic E-state index is 0.0716. The van der Waals surface area contributed by atoms with Crippen LogP contribution in [0.25, 0.3) is 17.3 Å². The van der Waals surface area contributed by atoms with Gasteiger partial charge in [0.05, 0.1) is 44.3 Å². The molecule has 10 nitrogen and oxygen atoms in total. The molecule has 0 bridgehead atoms. The molecule has 0 saturated heterocycles. The van der Waals surface area contributed by atoms with Crippen LogP contribution in [0.15, 0.2) is 52.1 Å². The number of nitrogens with zero attached hydrogens (tertiary/aromatic N) is 5. The molecule has 1 amide bonds. The van der Waals surface area contributed by atoms with Crippen molar-refractivity contribution in [2.24, 2.45) is 0 Å². The Labute approximate surface area is 272 Å². The van der Waals surface area contributed by atoms with Gasteiger partial charge in [-0.2, -0.15) is 4.98 Å². The number of aromatic nitrogens is 4. The van der Waals surface area contributed by atoms with Crippen LogP contribution in [0.2, 0.25) is 39.3 Å². The Kier molecular flexibility index (Phi) is 9.63. The standard InChI is InChI=1S/C26H25N5O4S.C6H19NSi2/c1-33-17-7-6-16(22(10-17)34-2)12-30-13-21-23(25-28-24(29-35-25)15-4-5-15)27-14-31(21)20-9-8-18(36-3)11-19(20)26(30)32;1-8(2,3)7-9(4,5)6/h6-11,14-15H,4-5,12-13H2,1-3H3;7H,1-6H3. The molecule has 45 heavy (non-hydrogen) atoms. The van der Waals surface area contributed by atoms with E-state index < -0.39 is 16.5 Å². The number of carbonyl (C=O) groups is 1. The third-order valence-electron chi connectivity index (χ3n) is 7.38. The van der Waals surface area contributed by atoms with Crippen molar-refractivity contribution in [3.8, 4) is 28.8 Å². The molecule has 2 aliphatic rings. The number of rotatable bonds is 9. The summed E-state index contributed by atoms with van der Waals surface area (Å²) in [7, 11) is 1.27. The largest absolute Gasteiger partial charge is 0.497 e. The van der Waals surface area contributed by atoms with Gasteiger partial charge in [0, 0.05) is 22.4 Å². The summed E-state index contributed by atoms with van der Waals surface area (Å²) in [5.74, 6) is 2.75. The van der Waals surface area contributed by atoms with Crippen LogP contribution in [0.1, 0.15) is 46.2 Å². The molecule has 6 rings (SSSR count). The van der Waals surface area contributed by atoms with E-state index in [2.05, 4.69) is 59.1 Å². The van der Waals surface area contributed by atoms with Gasteiger partial charge in [-0.15, -0.1) is 11.8 Å². The number of hydrogen-bond acceptors (Lipinski definition) is 9. The zero-order valence-corrected chi connectivity index (χ0v) is 30.5. The van der Waals surface area contributed by atoms with Crippen LogP contribution in [0.5, 0.6) is 11.5 Å². The fourth-order valence-corrected chi connectivity index (χ4v) is 15.1. The fourth-order valence-electron chi connectivity index (χ4n) is 5.64. The molecular weight excluding hydrogens is 621 g/mol. The molecule has 1 aliphatic carbocycles. The van der Waals surface area contributed by atoms with Crippen molar-refractivity contribution in [1.29, 1.82) is 0 Å². The van der Waals surface area contributed by atoms with Crippen LogP contribution in [0.3, 0.4) is 0 Å². The Bertz CT molecular complexity index is 1660. The molecule has 3 heterocycles. The molecule has 13 heteroatoms. The summed E-state index contributed by atoms with van der Waals surface area (Å²) >= 11 is 1.60. The quantitative estimate of drug-likeness (QED) is 0.150. The van der Waals surface area contributed by atoms with Crippen molar-refractivity contribution >= 4 is 34.1 Å². The minimum Gasteiger partial charge on any atom is -0.497 e. The summed E-state index contributed by atoms with van der Waals surface area (Å²) in [6, 6.07) is 11.5. The van der Waals surface area contributed by atoms with Gasteiger partial charge in [-0.25, -0.2) is 4.98 Å². The van der Waals surface area contributed by atoms with Crippen molar-refractivity contribution < 1.29 is 18.8 Å².